The first-order chi connectivity index (χ1) is 11.8. The molecule has 1 saturated heterocycles. The van der Waals surface area contributed by atoms with Crippen LogP contribution in [0, 0.1) is 0 Å². The molecule has 130 valence electrons. The zero-order chi connectivity index (χ0) is 16.8. The van der Waals surface area contributed by atoms with Crippen molar-refractivity contribution < 1.29 is 13.5 Å². The van der Waals surface area contributed by atoms with E-state index in [9.17, 15) is 8.78 Å². The lowest BCUT2D eigenvalue weighted by atomic mass is 10.1. The molecule has 1 aromatic carbocycles. The summed E-state index contributed by atoms with van der Waals surface area (Å²) in [5, 5.41) is 3.33. The molecule has 0 atom stereocenters. The summed E-state index contributed by atoms with van der Waals surface area (Å²) in [7, 11) is 0. The smallest absolute Gasteiger partial charge is 0.319 e. The molecular formula is C17H22F2N4O. The van der Waals surface area contributed by atoms with Crippen LogP contribution in [0.1, 0.15) is 17.9 Å². The van der Waals surface area contributed by atoms with Crippen molar-refractivity contribution in [3.63, 3.8) is 0 Å². The second-order valence-electron chi connectivity index (χ2n) is 5.68. The van der Waals surface area contributed by atoms with Crippen molar-refractivity contribution in [2.75, 3.05) is 37.7 Å². The molecule has 0 unspecified atom stereocenters. The van der Waals surface area contributed by atoms with Crippen LogP contribution in [0.25, 0.3) is 0 Å². The lowest BCUT2D eigenvalue weighted by Gasteiger charge is -2.30. The van der Waals surface area contributed by atoms with E-state index >= 15 is 0 Å². The van der Waals surface area contributed by atoms with Gasteiger partial charge in [0.25, 0.3) is 0 Å². The predicted octanol–water partition coefficient (Wildman–Crippen LogP) is 2.45. The van der Waals surface area contributed by atoms with Gasteiger partial charge in [0.05, 0.1) is 13.2 Å². The summed E-state index contributed by atoms with van der Waals surface area (Å²) >= 11 is 0. The maximum absolute atomic E-state index is 12.8. The van der Waals surface area contributed by atoms with Crippen molar-refractivity contribution in [2.45, 2.75) is 19.5 Å². The molecule has 0 saturated carbocycles. The van der Waals surface area contributed by atoms with Crippen molar-refractivity contribution in [3.05, 3.63) is 48.0 Å². The number of ether oxygens (including phenoxy) is 1. The number of morpholine rings is 1. The zero-order valence-electron chi connectivity index (χ0n) is 13.5. The number of rotatable bonds is 7. The summed E-state index contributed by atoms with van der Waals surface area (Å²) in [5.74, 6) is 0.402. The molecule has 1 aliphatic heterocycles. The highest BCUT2D eigenvalue weighted by molar-refractivity contribution is 5.53. The third-order valence-electron chi connectivity index (χ3n) is 4.14. The normalized spacial score (nSPS) is 15.2. The van der Waals surface area contributed by atoms with Crippen molar-refractivity contribution in [3.8, 4) is 0 Å². The zero-order valence-corrected chi connectivity index (χ0v) is 13.5. The molecule has 1 N–H and O–H groups in total. The number of nitrogens with one attached hydrogen (secondary N) is 1. The van der Waals surface area contributed by atoms with Crippen LogP contribution in [0.2, 0.25) is 0 Å². The molecule has 0 bridgehead atoms. The van der Waals surface area contributed by atoms with Gasteiger partial charge in [-0.15, -0.1) is 0 Å². The maximum Gasteiger partial charge on any atom is 0.319 e. The van der Waals surface area contributed by atoms with Gasteiger partial charge in [-0.3, -0.25) is 4.57 Å². The summed E-state index contributed by atoms with van der Waals surface area (Å²) in [5.41, 5.74) is 2.42. The van der Waals surface area contributed by atoms with Gasteiger partial charge in [0, 0.05) is 50.7 Å². The minimum atomic E-state index is -2.54. The van der Waals surface area contributed by atoms with E-state index in [4.69, 9.17) is 4.74 Å². The molecule has 1 aromatic heterocycles. The topological polar surface area (TPSA) is 42.3 Å². The number of anilines is 1. The van der Waals surface area contributed by atoms with Gasteiger partial charge in [0.1, 0.15) is 5.82 Å². The lowest BCUT2D eigenvalue weighted by Crippen LogP contribution is -2.37. The Morgan fingerprint density at radius 2 is 2.00 bits per heavy atom. The fraction of sp³-hybridized carbons (Fsp3) is 0.471. The number of halogens is 2. The van der Waals surface area contributed by atoms with Gasteiger partial charge in [-0.1, -0.05) is 18.2 Å². The minimum Gasteiger partial charge on any atom is -0.378 e. The highest BCUT2D eigenvalue weighted by Gasteiger charge is 2.14. The van der Waals surface area contributed by atoms with Crippen LogP contribution in [-0.4, -0.2) is 42.4 Å². The molecule has 24 heavy (non-hydrogen) atoms. The minimum absolute atomic E-state index is 0.402. The summed E-state index contributed by atoms with van der Waals surface area (Å²) in [6.45, 7) is 2.04. The largest absolute Gasteiger partial charge is 0.378 e. The van der Waals surface area contributed by atoms with Crippen LogP contribution in [0.4, 0.5) is 14.5 Å². The standard InChI is InChI=1S/C17H22F2N4O/c18-17(19)23-8-7-21-16(23)5-6-20-13-14-3-1-2-4-15(14)22-9-11-24-12-10-22/h1-4,7-8,17,20H,5-6,9-13H2. The Labute approximate surface area is 140 Å². The van der Waals surface area contributed by atoms with E-state index < -0.39 is 6.55 Å². The molecule has 0 amide bonds. The van der Waals surface area contributed by atoms with Crippen LogP contribution in [0.15, 0.2) is 36.7 Å². The van der Waals surface area contributed by atoms with Gasteiger partial charge in [-0.05, 0) is 11.6 Å². The molecule has 1 aliphatic rings. The molecule has 0 spiro atoms. The number of nitrogens with zero attached hydrogens (tertiary/aromatic N) is 3. The SMILES string of the molecule is FC(F)n1ccnc1CCNCc1ccccc1N1CCOCC1. The summed E-state index contributed by atoms with van der Waals surface area (Å²) < 4.78 is 31.9. The Balaban J connectivity index is 1.54. The van der Waals surface area contributed by atoms with E-state index in [1.165, 1.54) is 23.6 Å². The number of para-hydroxylation sites is 1. The van der Waals surface area contributed by atoms with Crippen molar-refractivity contribution in [1.29, 1.82) is 0 Å². The summed E-state index contributed by atoms with van der Waals surface area (Å²) in [6, 6.07) is 8.27. The Morgan fingerprint density at radius 3 is 2.79 bits per heavy atom. The Bertz CT molecular complexity index is 641. The third-order valence-corrected chi connectivity index (χ3v) is 4.14. The van der Waals surface area contributed by atoms with Crippen LogP contribution < -0.4 is 10.2 Å². The number of alkyl halides is 2. The molecular weight excluding hydrogens is 314 g/mol. The number of imidazole rings is 1. The number of benzene rings is 1. The monoisotopic (exact) mass is 336 g/mol. The average molecular weight is 336 g/mol. The van der Waals surface area contributed by atoms with Gasteiger partial charge >= 0.3 is 6.55 Å². The Morgan fingerprint density at radius 1 is 1.21 bits per heavy atom. The first-order valence-electron chi connectivity index (χ1n) is 8.17. The molecule has 0 radical (unpaired) electrons. The van der Waals surface area contributed by atoms with Crippen LogP contribution >= 0.6 is 0 Å². The molecule has 7 heteroatoms. The van der Waals surface area contributed by atoms with Crippen LogP contribution in [0.5, 0.6) is 0 Å². The molecule has 5 nitrogen and oxygen atoms in total. The number of aromatic nitrogens is 2. The van der Waals surface area contributed by atoms with E-state index in [1.54, 1.807) is 0 Å². The highest BCUT2D eigenvalue weighted by Crippen LogP contribution is 2.21. The highest BCUT2D eigenvalue weighted by atomic mass is 19.3. The predicted molar refractivity (Wildman–Crippen MR) is 88.4 cm³/mol. The van der Waals surface area contributed by atoms with Gasteiger partial charge in [-0.25, -0.2) is 4.98 Å². The second kappa shape index (κ2) is 8.21. The van der Waals surface area contributed by atoms with Crippen molar-refractivity contribution in [1.82, 2.24) is 14.9 Å². The second-order valence-corrected chi connectivity index (χ2v) is 5.68. The summed E-state index contributed by atoms with van der Waals surface area (Å²) in [6.07, 6.45) is 3.19. The Kier molecular flexibility index (Phi) is 5.77. The fourth-order valence-corrected chi connectivity index (χ4v) is 2.91. The lowest BCUT2D eigenvalue weighted by molar-refractivity contribution is 0.0670. The molecule has 0 aliphatic carbocycles. The fourth-order valence-electron chi connectivity index (χ4n) is 2.91. The van der Waals surface area contributed by atoms with E-state index in [2.05, 4.69) is 27.3 Å². The first-order valence-corrected chi connectivity index (χ1v) is 8.17. The van der Waals surface area contributed by atoms with Gasteiger partial charge in [0.2, 0.25) is 0 Å². The van der Waals surface area contributed by atoms with Crippen molar-refractivity contribution >= 4 is 5.69 Å². The van der Waals surface area contributed by atoms with Gasteiger partial charge in [-0.2, -0.15) is 8.78 Å². The van der Waals surface area contributed by atoms with Gasteiger partial charge < -0.3 is 15.0 Å². The van der Waals surface area contributed by atoms with Crippen LogP contribution in [-0.2, 0) is 17.7 Å². The van der Waals surface area contributed by atoms with E-state index in [0.29, 0.717) is 25.3 Å². The van der Waals surface area contributed by atoms with Crippen molar-refractivity contribution in [2.24, 2.45) is 0 Å². The molecule has 2 heterocycles. The Hall–Kier alpha value is -1.99. The van der Waals surface area contributed by atoms with E-state index in [-0.39, 0.29) is 0 Å². The van der Waals surface area contributed by atoms with E-state index in [0.717, 1.165) is 30.9 Å². The van der Waals surface area contributed by atoms with Crippen LogP contribution in [0.3, 0.4) is 0 Å². The number of hydrogen-bond donors (Lipinski definition) is 1. The van der Waals surface area contributed by atoms with Gasteiger partial charge in [0.15, 0.2) is 0 Å². The molecule has 1 fully saturated rings. The van der Waals surface area contributed by atoms with E-state index in [1.807, 2.05) is 12.1 Å². The summed E-state index contributed by atoms with van der Waals surface area (Å²) in [4.78, 5) is 6.32. The maximum atomic E-state index is 12.8. The molecule has 3 rings (SSSR count). The molecule has 2 aromatic rings. The number of hydrogen-bond acceptors (Lipinski definition) is 4. The first kappa shape index (κ1) is 16.9. The quantitative estimate of drug-likeness (QED) is 0.789. The average Bonchev–Trinajstić information content (AvgIpc) is 3.09. The third kappa shape index (κ3) is 4.10.